The smallest absolute Gasteiger partial charge is 0.222 e. The minimum atomic E-state index is 0.397. The number of benzene rings is 1. The fraction of sp³-hybridized carbons (Fsp3) is 0.524. The minimum absolute atomic E-state index is 0.397. The molecule has 0 radical (unpaired) electrons. The van der Waals surface area contributed by atoms with Gasteiger partial charge in [-0.15, -0.1) is 0 Å². The second-order valence-corrected chi connectivity index (χ2v) is 7.94. The number of aryl methyl sites for hydroxylation is 1. The van der Waals surface area contributed by atoms with Gasteiger partial charge in [-0.2, -0.15) is 4.98 Å². The minimum Gasteiger partial charge on any atom is -0.368 e. The molecule has 5 rings (SSSR count). The average Bonchev–Trinajstić information content (AvgIpc) is 2.86. The number of nitrogens with one attached hydrogen (secondary N) is 1. The molecule has 5 heteroatoms. The number of rotatable bonds is 1. The highest BCUT2D eigenvalue weighted by molar-refractivity contribution is 5.74. The molecule has 1 aromatic carbocycles. The summed E-state index contributed by atoms with van der Waals surface area (Å²) in [5.41, 5.74) is 11.1. The summed E-state index contributed by atoms with van der Waals surface area (Å²) in [5, 5.41) is 3.73. The predicted octanol–water partition coefficient (Wildman–Crippen LogP) is 2.79. The predicted molar refractivity (Wildman–Crippen MR) is 105 cm³/mol. The molecular weight excluding hydrogens is 322 g/mol. The van der Waals surface area contributed by atoms with Crippen molar-refractivity contribution in [1.82, 2.24) is 15.3 Å². The summed E-state index contributed by atoms with van der Waals surface area (Å²) >= 11 is 0. The summed E-state index contributed by atoms with van der Waals surface area (Å²) in [7, 11) is 0. The topological polar surface area (TPSA) is 67.1 Å². The molecule has 136 valence electrons. The lowest BCUT2D eigenvalue weighted by Gasteiger charge is -2.42. The number of nitrogen functional groups attached to an aromatic ring is 1. The van der Waals surface area contributed by atoms with E-state index < -0.39 is 0 Å². The van der Waals surface area contributed by atoms with Gasteiger partial charge in [0.05, 0.1) is 5.69 Å². The number of nitrogens with zero attached hydrogens (tertiary/aromatic N) is 3. The third-order valence-electron chi connectivity index (χ3n) is 6.36. The molecule has 2 fully saturated rings. The Hall–Kier alpha value is -2.14. The lowest BCUT2D eigenvalue weighted by molar-refractivity contribution is 0.242. The van der Waals surface area contributed by atoms with E-state index in [0.717, 1.165) is 56.3 Å². The van der Waals surface area contributed by atoms with E-state index >= 15 is 0 Å². The monoisotopic (exact) mass is 349 g/mol. The van der Waals surface area contributed by atoms with Crippen LogP contribution >= 0.6 is 0 Å². The number of anilines is 2. The van der Waals surface area contributed by atoms with Gasteiger partial charge in [-0.05, 0) is 56.6 Å². The molecule has 2 saturated heterocycles. The molecule has 0 saturated carbocycles. The zero-order valence-electron chi connectivity index (χ0n) is 15.2. The van der Waals surface area contributed by atoms with Crippen LogP contribution in [0.25, 0.3) is 11.3 Å². The van der Waals surface area contributed by atoms with Gasteiger partial charge in [0.25, 0.3) is 0 Å². The van der Waals surface area contributed by atoms with Gasteiger partial charge >= 0.3 is 0 Å². The van der Waals surface area contributed by atoms with Crippen LogP contribution in [0.5, 0.6) is 0 Å². The maximum absolute atomic E-state index is 6.16. The number of hydrogen-bond donors (Lipinski definition) is 2. The largest absolute Gasteiger partial charge is 0.368 e. The molecule has 5 nitrogen and oxygen atoms in total. The molecule has 0 unspecified atom stereocenters. The maximum atomic E-state index is 6.16. The van der Waals surface area contributed by atoms with Crippen molar-refractivity contribution in [1.29, 1.82) is 0 Å². The lowest BCUT2D eigenvalue weighted by atomic mass is 9.84. The van der Waals surface area contributed by atoms with E-state index in [0.29, 0.717) is 12.0 Å². The molecule has 2 aromatic rings. The van der Waals surface area contributed by atoms with E-state index in [1.54, 1.807) is 0 Å². The van der Waals surface area contributed by atoms with Gasteiger partial charge in [-0.1, -0.05) is 24.3 Å². The zero-order valence-corrected chi connectivity index (χ0v) is 15.2. The highest BCUT2D eigenvalue weighted by Crippen LogP contribution is 2.37. The van der Waals surface area contributed by atoms with Crippen molar-refractivity contribution in [2.75, 3.05) is 30.3 Å². The van der Waals surface area contributed by atoms with E-state index in [2.05, 4.69) is 39.5 Å². The van der Waals surface area contributed by atoms with E-state index in [1.807, 2.05) is 0 Å². The van der Waals surface area contributed by atoms with Crippen molar-refractivity contribution < 1.29 is 0 Å². The van der Waals surface area contributed by atoms with Crippen molar-refractivity contribution in [2.24, 2.45) is 5.92 Å². The Morgan fingerprint density at radius 2 is 2.00 bits per heavy atom. The van der Waals surface area contributed by atoms with Crippen LogP contribution in [0.15, 0.2) is 24.3 Å². The second kappa shape index (κ2) is 6.54. The van der Waals surface area contributed by atoms with Gasteiger partial charge in [0, 0.05) is 30.3 Å². The van der Waals surface area contributed by atoms with Gasteiger partial charge in [0.15, 0.2) is 0 Å². The van der Waals surface area contributed by atoms with Crippen LogP contribution in [0.3, 0.4) is 0 Å². The highest BCUT2D eigenvalue weighted by atomic mass is 15.2. The average molecular weight is 349 g/mol. The summed E-state index contributed by atoms with van der Waals surface area (Å²) in [6.45, 7) is 3.26. The number of nitrogens with two attached hydrogens (primary N) is 1. The Balaban J connectivity index is 1.56. The quantitative estimate of drug-likeness (QED) is 0.829. The van der Waals surface area contributed by atoms with E-state index in [9.17, 15) is 0 Å². The first-order valence-electron chi connectivity index (χ1n) is 10.0. The number of hydrogen-bond acceptors (Lipinski definition) is 5. The molecule has 3 N–H and O–H groups in total. The van der Waals surface area contributed by atoms with Crippen molar-refractivity contribution in [3.05, 3.63) is 35.4 Å². The number of fused-ring (bicyclic) bond motifs is 4. The summed E-state index contributed by atoms with van der Waals surface area (Å²) in [5.74, 6) is 2.29. The van der Waals surface area contributed by atoms with Gasteiger partial charge in [0.2, 0.25) is 5.95 Å². The normalized spacial score (nSPS) is 25.0. The Labute approximate surface area is 155 Å². The second-order valence-electron chi connectivity index (χ2n) is 7.94. The van der Waals surface area contributed by atoms with Crippen LogP contribution in [0.1, 0.15) is 36.8 Å². The first kappa shape index (κ1) is 16.1. The molecule has 26 heavy (non-hydrogen) atoms. The summed E-state index contributed by atoms with van der Waals surface area (Å²) < 4.78 is 0. The molecule has 0 amide bonds. The third kappa shape index (κ3) is 2.75. The summed E-state index contributed by atoms with van der Waals surface area (Å²) in [4.78, 5) is 11.9. The Morgan fingerprint density at radius 3 is 2.96 bits per heavy atom. The zero-order chi connectivity index (χ0) is 17.5. The molecule has 0 spiro atoms. The van der Waals surface area contributed by atoms with Crippen LogP contribution in [-0.2, 0) is 12.8 Å². The van der Waals surface area contributed by atoms with Crippen LogP contribution in [0.4, 0.5) is 11.8 Å². The first-order chi connectivity index (χ1) is 12.8. The molecule has 3 aliphatic rings. The Morgan fingerprint density at radius 1 is 1.08 bits per heavy atom. The van der Waals surface area contributed by atoms with Crippen molar-refractivity contribution >= 4 is 11.8 Å². The van der Waals surface area contributed by atoms with Gasteiger partial charge < -0.3 is 16.0 Å². The molecule has 1 aromatic heterocycles. The number of aromatic nitrogens is 2. The van der Waals surface area contributed by atoms with Crippen molar-refractivity contribution in [2.45, 2.75) is 44.6 Å². The Bertz CT molecular complexity index is 818. The first-order valence-corrected chi connectivity index (χ1v) is 10.0. The molecule has 1 aliphatic carbocycles. The fourth-order valence-corrected chi connectivity index (χ4v) is 5.05. The van der Waals surface area contributed by atoms with Gasteiger partial charge in [0.1, 0.15) is 5.82 Å². The van der Waals surface area contributed by atoms with Crippen LogP contribution < -0.4 is 16.0 Å². The molecule has 3 heterocycles. The van der Waals surface area contributed by atoms with E-state index in [4.69, 9.17) is 10.7 Å². The molecular formula is C21H27N5. The van der Waals surface area contributed by atoms with Crippen molar-refractivity contribution in [3.63, 3.8) is 0 Å². The van der Waals surface area contributed by atoms with Crippen LogP contribution in [0, 0.1) is 5.92 Å². The van der Waals surface area contributed by atoms with Crippen LogP contribution in [-0.4, -0.2) is 35.6 Å². The Kier molecular flexibility index (Phi) is 4.04. The van der Waals surface area contributed by atoms with E-state index in [-0.39, 0.29) is 0 Å². The molecule has 2 aliphatic heterocycles. The van der Waals surface area contributed by atoms with E-state index in [1.165, 1.54) is 36.0 Å². The molecule has 2 atom stereocenters. The standard InChI is InChI=1S/C21H27N5/c22-21-24-19-16-8-2-1-5-14(16)6-3-9-17(19)20(25-21)26-12-10-15-7-4-11-23-18(15)13-26/h1-2,5,8,15,18,23H,3-4,6-7,9-13H2,(H2,22,24,25)/t15-,18-/m0/s1. The third-order valence-corrected chi connectivity index (χ3v) is 6.36. The fourth-order valence-electron chi connectivity index (χ4n) is 5.05. The van der Waals surface area contributed by atoms with Gasteiger partial charge in [-0.25, -0.2) is 4.98 Å². The summed E-state index contributed by atoms with van der Waals surface area (Å²) in [6.07, 6.45) is 7.18. The lowest BCUT2D eigenvalue weighted by Crippen LogP contribution is -2.54. The van der Waals surface area contributed by atoms with Crippen LogP contribution in [0.2, 0.25) is 0 Å². The number of piperidine rings is 2. The maximum Gasteiger partial charge on any atom is 0.222 e. The van der Waals surface area contributed by atoms with Gasteiger partial charge in [-0.3, -0.25) is 0 Å². The molecule has 0 bridgehead atoms. The van der Waals surface area contributed by atoms with Crippen molar-refractivity contribution in [3.8, 4) is 11.3 Å². The summed E-state index contributed by atoms with van der Waals surface area (Å²) in [6, 6.07) is 9.21. The highest BCUT2D eigenvalue weighted by Gasteiger charge is 2.33. The SMILES string of the molecule is Nc1nc2c(c(N3CC[C@@H]4CCCN[C@H]4C3)n1)CCCc1ccccc1-2.